The van der Waals surface area contributed by atoms with Crippen LogP contribution in [0, 0.1) is 6.92 Å². The van der Waals surface area contributed by atoms with Crippen molar-refractivity contribution >= 4 is 29.2 Å². The van der Waals surface area contributed by atoms with E-state index in [2.05, 4.69) is 0 Å². The van der Waals surface area contributed by atoms with Gasteiger partial charge in [-0.25, -0.2) is 4.79 Å². The van der Waals surface area contributed by atoms with Gasteiger partial charge in [0.05, 0.1) is 5.56 Å². The summed E-state index contributed by atoms with van der Waals surface area (Å²) in [6.45, 7) is 1.86. The maximum atomic E-state index is 10.9. The van der Waals surface area contributed by atoms with Crippen molar-refractivity contribution in [2.75, 3.05) is 0 Å². The van der Waals surface area contributed by atoms with Gasteiger partial charge >= 0.3 is 5.97 Å². The van der Waals surface area contributed by atoms with Gasteiger partial charge in [-0.3, -0.25) is 0 Å². The molecule has 0 unspecified atom stereocenters. The SMILES string of the molecule is Cc1cc(C(=O)O)ccc1-c1cc(Cl)cc(Cl)c1. The van der Waals surface area contributed by atoms with E-state index in [1.165, 1.54) is 0 Å². The minimum atomic E-state index is -0.936. The van der Waals surface area contributed by atoms with E-state index in [0.717, 1.165) is 16.7 Å². The van der Waals surface area contributed by atoms with Crippen molar-refractivity contribution in [3.05, 3.63) is 57.6 Å². The Labute approximate surface area is 115 Å². The normalized spacial score (nSPS) is 10.4. The number of rotatable bonds is 2. The third-order valence-electron chi connectivity index (χ3n) is 2.65. The van der Waals surface area contributed by atoms with E-state index in [0.29, 0.717) is 10.0 Å². The molecular weight excluding hydrogens is 271 g/mol. The summed E-state index contributed by atoms with van der Waals surface area (Å²) in [6, 6.07) is 10.2. The topological polar surface area (TPSA) is 37.3 Å². The monoisotopic (exact) mass is 280 g/mol. The number of hydrogen-bond acceptors (Lipinski definition) is 1. The van der Waals surface area contributed by atoms with E-state index >= 15 is 0 Å². The number of carboxylic acids is 1. The van der Waals surface area contributed by atoms with E-state index in [-0.39, 0.29) is 5.56 Å². The van der Waals surface area contributed by atoms with Crippen molar-refractivity contribution in [1.82, 2.24) is 0 Å². The van der Waals surface area contributed by atoms with Crippen molar-refractivity contribution in [3.8, 4) is 11.1 Å². The number of halogens is 2. The molecular formula is C14H10Cl2O2. The second kappa shape index (κ2) is 5.01. The first-order valence-corrected chi connectivity index (χ1v) is 6.03. The van der Waals surface area contributed by atoms with Gasteiger partial charge < -0.3 is 5.11 Å². The molecule has 2 aromatic rings. The van der Waals surface area contributed by atoms with Gasteiger partial charge in [0.1, 0.15) is 0 Å². The first kappa shape index (κ1) is 12.9. The standard InChI is InChI=1S/C14H10Cl2O2/c1-8-4-9(14(17)18)2-3-13(8)10-5-11(15)7-12(16)6-10/h2-7H,1H3,(H,17,18). The average molecular weight is 281 g/mol. The number of aromatic carboxylic acids is 1. The summed E-state index contributed by atoms with van der Waals surface area (Å²) in [5, 5.41) is 10.0. The van der Waals surface area contributed by atoms with E-state index in [9.17, 15) is 4.79 Å². The summed E-state index contributed by atoms with van der Waals surface area (Å²) in [6.07, 6.45) is 0. The molecule has 0 aliphatic rings. The zero-order valence-electron chi connectivity index (χ0n) is 9.58. The lowest BCUT2D eigenvalue weighted by Gasteiger charge is -2.08. The van der Waals surface area contributed by atoms with Gasteiger partial charge in [0.15, 0.2) is 0 Å². The molecule has 2 rings (SSSR count). The third-order valence-corrected chi connectivity index (χ3v) is 3.08. The highest BCUT2D eigenvalue weighted by molar-refractivity contribution is 6.35. The predicted octanol–water partition coefficient (Wildman–Crippen LogP) is 4.67. The molecule has 0 saturated heterocycles. The molecule has 92 valence electrons. The highest BCUT2D eigenvalue weighted by Crippen LogP contribution is 2.29. The Kier molecular flexibility index (Phi) is 3.60. The minimum Gasteiger partial charge on any atom is -0.478 e. The van der Waals surface area contributed by atoms with Crippen molar-refractivity contribution in [1.29, 1.82) is 0 Å². The van der Waals surface area contributed by atoms with Crippen LogP contribution in [0.3, 0.4) is 0 Å². The molecule has 0 spiro atoms. The summed E-state index contributed by atoms with van der Waals surface area (Å²) in [5.41, 5.74) is 2.93. The molecule has 2 aromatic carbocycles. The van der Waals surface area contributed by atoms with Crippen LogP contribution >= 0.6 is 23.2 Å². The van der Waals surface area contributed by atoms with Crippen LogP contribution in [-0.4, -0.2) is 11.1 Å². The molecule has 18 heavy (non-hydrogen) atoms. The van der Waals surface area contributed by atoms with Crippen molar-refractivity contribution in [3.63, 3.8) is 0 Å². The van der Waals surface area contributed by atoms with Gasteiger partial charge in [0, 0.05) is 10.0 Å². The maximum absolute atomic E-state index is 10.9. The van der Waals surface area contributed by atoms with Crippen LogP contribution < -0.4 is 0 Å². The van der Waals surface area contributed by atoms with Gasteiger partial charge in [-0.1, -0.05) is 29.3 Å². The second-order valence-electron chi connectivity index (χ2n) is 3.99. The zero-order chi connectivity index (χ0) is 13.3. The Hall–Kier alpha value is -1.51. The van der Waals surface area contributed by atoms with Crippen LogP contribution in [0.4, 0.5) is 0 Å². The molecule has 1 N–H and O–H groups in total. The number of carboxylic acid groups (broad SMARTS) is 1. The molecule has 0 heterocycles. The number of benzene rings is 2. The molecule has 4 heteroatoms. The number of carbonyl (C=O) groups is 1. The Bertz CT molecular complexity index is 601. The minimum absolute atomic E-state index is 0.268. The fourth-order valence-electron chi connectivity index (χ4n) is 1.83. The van der Waals surface area contributed by atoms with Gasteiger partial charge in [0.2, 0.25) is 0 Å². The molecule has 0 aliphatic carbocycles. The Morgan fingerprint density at radius 3 is 2.17 bits per heavy atom. The maximum Gasteiger partial charge on any atom is 0.335 e. The van der Waals surface area contributed by atoms with Crippen molar-refractivity contribution < 1.29 is 9.90 Å². The van der Waals surface area contributed by atoms with Crippen LogP contribution in [0.2, 0.25) is 10.0 Å². The van der Waals surface area contributed by atoms with Crippen molar-refractivity contribution in [2.24, 2.45) is 0 Å². The van der Waals surface area contributed by atoms with Gasteiger partial charge in [0.25, 0.3) is 0 Å². The predicted molar refractivity (Wildman–Crippen MR) is 73.6 cm³/mol. The van der Waals surface area contributed by atoms with Crippen molar-refractivity contribution in [2.45, 2.75) is 6.92 Å². The summed E-state index contributed by atoms with van der Waals surface area (Å²) >= 11 is 11.9. The molecule has 0 amide bonds. The fourth-order valence-corrected chi connectivity index (χ4v) is 2.36. The lowest BCUT2D eigenvalue weighted by molar-refractivity contribution is 0.0697. The van der Waals surface area contributed by atoms with E-state index in [1.54, 1.807) is 36.4 Å². The first-order chi connectivity index (χ1) is 8.47. The van der Waals surface area contributed by atoms with Crippen LogP contribution in [0.5, 0.6) is 0 Å². The molecule has 0 radical (unpaired) electrons. The van der Waals surface area contributed by atoms with Crippen LogP contribution in [0.15, 0.2) is 36.4 Å². The summed E-state index contributed by atoms with van der Waals surface area (Å²) in [7, 11) is 0. The molecule has 0 fully saturated rings. The summed E-state index contributed by atoms with van der Waals surface area (Å²) < 4.78 is 0. The second-order valence-corrected chi connectivity index (χ2v) is 4.87. The number of hydrogen-bond donors (Lipinski definition) is 1. The van der Waals surface area contributed by atoms with E-state index in [1.807, 2.05) is 6.92 Å². The fraction of sp³-hybridized carbons (Fsp3) is 0.0714. The Morgan fingerprint density at radius 2 is 1.67 bits per heavy atom. The molecule has 2 nitrogen and oxygen atoms in total. The summed E-state index contributed by atoms with van der Waals surface area (Å²) in [5.74, 6) is -0.936. The zero-order valence-corrected chi connectivity index (χ0v) is 11.1. The van der Waals surface area contributed by atoms with Gasteiger partial charge in [-0.05, 0) is 53.9 Å². The molecule has 0 atom stereocenters. The highest BCUT2D eigenvalue weighted by Gasteiger charge is 2.08. The largest absolute Gasteiger partial charge is 0.478 e. The molecule has 0 aromatic heterocycles. The Balaban J connectivity index is 2.54. The first-order valence-electron chi connectivity index (χ1n) is 5.28. The Morgan fingerprint density at radius 1 is 1.06 bits per heavy atom. The lowest BCUT2D eigenvalue weighted by Crippen LogP contribution is -1.97. The quantitative estimate of drug-likeness (QED) is 0.868. The molecule has 0 bridgehead atoms. The smallest absolute Gasteiger partial charge is 0.335 e. The van der Waals surface area contributed by atoms with E-state index in [4.69, 9.17) is 28.3 Å². The number of aryl methyl sites for hydroxylation is 1. The highest BCUT2D eigenvalue weighted by atomic mass is 35.5. The third kappa shape index (κ3) is 2.66. The molecule has 0 aliphatic heterocycles. The van der Waals surface area contributed by atoms with Crippen LogP contribution in [0.1, 0.15) is 15.9 Å². The lowest BCUT2D eigenvalue weighted by atomic mass is 9.98. The van der Waals surface area contributed by atoms with Gasteiger partial charge in [-0.2, -0.15) is 0 Å². The van der Waals surface area contributed by atoms with Crippen LogP contribution in [0.25, 0.3) is 11.1 Å². The summed E-state index contributed by atoms with van der Waals surface area (Å²) in [4.78, 5) is 10.9. The van der Waals surface area contributed by atoms with Gasteiger partial charge in [-0.15, -0.1) is 0 Å². The van der Waals surface area contributed by atoms with E-state index < -0.39 is 5.97 Å². The average Bonchev–Trinajstić information content (AvgIpc) is 2.27. The molecule has 0 saturated carbocycles. The van der Waals surface area contributed by atoms with Crippen LogP contribution in [-0.2, 0) is 0 Å².